The zero-order valence-electron chi connectivity index (χ0n) is 15.6. The summed E-state index contributed by atoms with van der Waals surface area (Å²) in [4.78, 5) is 29.1. The number of fused-ring (bicyclic) bond motifs is 1. The van der Waals surface area contributed by atoms with E-state index in [1.54, 1.807) is 0 Å². The van der Waals surface area contributed by atoms with Crippen molar-refractivity contribution in [2.45, 2.75) is 23.2 Å². The number of carbonyl (C=O) groups is 2. The summed E-state index contributed by atoms with van der Waals surface area (Å²) in [6, 6.07) is 14.2. The number of hydrogen-bond acceptors (Lipinski definition) is 6. The number of aromatic carboxylic acids is 1. The first-order valence-corrected chi connectivity index (χ1v) is 11.2. The van der Waals surface area contributed by atoms with Gasteiger partial charge in [0.2, 0.25) is 5.91 Å². The number of benzene rings is 2. The van der Waals surface area contributed by atoms with Gasteiger partial charge in [-0.3, -0.25) is 4.79 Å². The summed E-state index contributed by atoms with van der Waals surface area (Å²) in [6.45, 7) is 1.06. The molecule has 29 heavy (non-hydrogen) atoms. The summed E-state index contributed by atoms with van der Waals surface area (Å²) >= 11 is 2.79. The van der Waals surface area contributed by atoms with Crippen LogP contribution in [0.15, 0.2) is 52.2 Å². The predicted octanol–water partition coefficient (Wildman–Crippen LogP) is 4.16. The van der Waals surface area contributed by atoms with Crippen LogP contribution in [0.3, 0.4) is 0 Å². The van der Waals surface area contributed by atoms with Gasteiger partial charge in [-0.05, 0) is 29.3 Å². The molecule has 1 aromatic heterocycles. The van der Waals surface area contributed by atoms with Crippen LogP contribution in [0.1, 0.15) is 23.3 Å². The van der Waals surface area contributed by atoms with Crippen molar-refractivity contribution in [3.63, 3.8) is 0 Å². The molecule has 2 aromatic carbocycles. The minimum absolute atomic E-state index is 0.0560. The molecule has 3 aromatic rings. The second kappa shape index (κ2) is 8.84. The first-order chi connectivity index (χ1) is 14.1. The van der Waals surface area contributed by atoms with Gasteiger partial charge < -0.3 is 14.7 Å². The van der Waals surface area contributed by atoms with Crippen LogP contribution in [-0.4, -0.2) is 51.8 Å². The standard InChI is InChI=1S/C21H20N2O4S2/c24-19-8-6-16(12-27-17-7-5-14-3-1-2-4-15(14)11-17)23(19)9-10-28-21-22-18(13-29-21)20(25)26/h1-5,7,11,13,16H,6,8-10,12H2,(H,25,26)/t16-/m1/s1. The van der Waals surface area contributed by atoms with Gasteiger partial charge in [0, 0.05) is 24.1 Å². The molecular formula is C21H20N2O4S2. The number of aromatic nitrogens is 1. The number of thioether (sulfide) groups is 1. The summed E-state index contributed by atoms with van der Waals surface area (Å²) in [7, 11) is 0. The number of amides is 1. The van der Waals surface area contributed by atoms with E-state index in [1.165, 1.54) is 33.9 Å². The molecule has 1 atom stereocenters. The van der Waals surface area contributed by atoms with Crippen molar-refractivity contribution in [1.29, 1.82) is 0 Å². The number of hydrogen-bond donors (Lipinski definition) is 1. The van der Waals surface area contributed by atoms with Crippen molar-refractivity contribution in [3.8, 4) is 5.75 Å². The maximum atomic E-state index is 12.3. The van der Waals surface area contributed by atoms with E-state index in [9.17, 15) is 9.59 Å². The van der Waals surface area contributed by atoms with Crippen LogP contribution in [0, 0.1) is 0 Å². The molecule has 0 radical (unpaired) electrons. The van der Waals surface area contributed by atoms with E-state index in [0.717, 1.165) is 17.6 Å². The van der Waals surface area contributed by atoms with E-state index in [-0.39, 0.29) is 17.6 Å². The lowest BCUT2D eigenvalue weighted by Crippen LogP contribution is -2.38. The SMILES string of the molecule is O=C(O)c1csc(SCCN2C(=O)CC[C@@H]2COc2ccc3ccccc3c2)n1. The van der Waals surface area contributed by atoms with Crippen LogP contribution < -0.4 is 4.74 Å². The van der Waals surface area contributed by atoms with Gasteiger partial charge in [0.1, 0.15) is 12.4 Å². The van der Waals surface area contributed by atoms with Crippen LogP contribution in [0.2, 0.25) is 0 Å². The Morgan fingerprint density at radius 2 is 2.10 bits per heavy atom. The number of carboxylic acid groups (broad SMARTS) is 1. The van der Waals surface area contributed by atoms with Crippen LogP contribution in [0.5, 0.6) is 5.75 Å². The van der Waals surface area contributed by atoms with Gasteiger partial charge in [-0.2, -0.15) is 0 Å². The zero-order valence-corrected chi connectivity index (χ0v) is 17.2. The van der Waals surface area contributed by atoms with E-state index in [4.69, 9.17) is 9.84 Å². The largest absolute Gasteiger partial charge is 0.491 e. The molecule has 150 valence electrons. The van der Waals surface area contributed by atoms with Crippen molar-refractivity contribution in [2.75, 3.05) is 18.9 Å². The van der Waals surface area contributed by atoms with Gasteiger partial charge in [0.05, 0.1) is 6.04 Å². The Morgan fingerprint density at radius 1 is 1.28 bits per heavy atom. The fraction of sp³-hybridized carbons (Fsp3) is 0.286. The van der Waals surface area contributed by atoms with Crippen LogP contribution in [0.4, 0.5) is 0 Å². The van der Waals surface area contributed by atoms with Crippen molar-refractivity contribution in [1.82, 2.24) is 9.88 Å². The van der Waals surface area contributed by atoms with E-state index >= 15 is 0 Å². The molecule has 0 unspecified atom stereocenters. The Balaban J connectivity index is 1.31. The number of carboxylic acids is 1. The average molecular weight is 429 g/mol. The van der Waals surface area contributed by atoms with E-state index in [0.29, 0.717) is 29.7 Å². The van der Waals surface area contributed by atoms with Gasteiger partial charge in [-0.1, -0.05) is 42.1 Å². The second-order valence-electron chi connectivity index (χ2n) is 6.75. The molecule has 2 heterocycles. The fourth-order valence-electron chi connectivity index (χ4n) is 3.38. The van der Waals surface area contributed by atoms with Crippen LogP contribution in [0.25, 0.3) is 10.8 Å². The lowest BCUT2D eigenvalue weighted by molar-refractivity contribution is -0.129. The summed E-state index contributed by atoms with van der Waals surface area (Å²) in [5.74, 6) is 0.600. The second-order valence-corrected chi connectivity index (χ2v) is 8.95. The first kappa shape index (κ1) is 19.7. The highest BCUT2D eigenvalue weighted by Crippen LogP contribution is 2.26. The average Bonchev–Trinajstić information content (AvgIpc) is 3.34. The molecule has 8 heteroatoms. The van der Waals surface area contributed by atoms with Gasteiger partial charge in [0.25, 0.3) is 0 Å². The molecular weight excluding hydrogens is 408 g/mol. The van der Waals surface area contributed by atoms with Crippen molar-refractivity contribution in [2.24, 2.45) is 0 Å². The Kier molecular flexibility index (Phi) is 6.01. The van der Waals surface area contributed by atoms with Gasteiger partial charge >= 0.3 is 5.97 Å². The molecule has 0 bridgehead atoms. The number of likely N-dealkylation sites (tertiary alicyclic amines) is 1. The molecule has 1 saturated heterocycles. The highest BCUT2D eigenvalue weighted by atomic mass is 32.2. The van der Waals surface area contributed by atoms with Gasteiger partial charge in [-0.15, -0.1) is 11.3 Å². The molecule has 1 aliphatic heterocycles. The quantitative estimate of drug-likeness (QED) is 0.543. The molecule has 1 fully saturated rings. The number of ether oxygens (including phenoxy) is 1. The molecule has 1 N–H and O–H groups in total. The van der Waals surface area contributed by atoms with Crippen LogP contribution in [-0.2, 0) is 4.79 Å². The van der Waals surface area contributed by atoms with E-state index in [1.807, 2.05) is 35.2 Å². The van der Waals surface area contributed by atoms with Crippen molar-refractivity contribution < 1.29 is 19.4 Å². The zero-order chi connectivity index (χ0) is 20.2. The van der Waals surface area contributed by atoms with Gasteiger partial charge in [-0.25, -0.2) is 9.78 Å². The summed E-state index contributed by atoms with van der Waals surface area (Å²) in [5, 5.41) is 12.8. The highest BCUT2D eigenvalue weighted by Gasteiger charge is 2.31. The minimum atomic E-state index is -1.02. The fourth-order valence-corrected chi connectivity index (χ4v) is 5.19. The molecule has 0 saturated carbocycles. The first-order valence-electron chi connectivity index (χ1n) is 9.33. The van der Waals surface area contributed by atoms with E-state index < -0.39 is 5.97 Å². The number of thiazole rings is 1. The highest BCUT2D eigenvalue weighted by molar-refractivity contribution is 8.01. The molecule has 6 nitrogen and oxygen atoms in total. The van der Waals surface area contributed by atoms with Crippen LogP contribution >= 0.6 is 23.1 Å². The maximum absolute atomic E-state index is 12.3. The summed E-state index contributed by atoms with van der Waals surface area (Å²) < 4.78 is 6.70. The molecule has 1 aliphatic rings. The summed E-state index contributed by atoms with van der Waals surface area (Å²) in [5.41, 5.74) is 0.0661. The van der Waals surface area contributed by atoms with Gasteiger partial charge in [0.15, 0.2) is 10.0 Å². The normalized spacial score (nSPS) is 16.5. The lowest BCUT2D eigenvalue weighted by Gasteiger charge is -2.24. The summed E-state index contributed by atoms with van der Waals surface area (Å²) in [6.07, 6.45) is 1.33. The minimum Gasteiger partial charge on any atom is -0.491 e. The molecule has 1 amide bonds. The van der Waals surface area contributed by atoms with E-state index in [2.05, 4.69) is 17.1 Å². The Morgan fingerprint density at radius 3 is 2.90 bits per heavy atom. The third-order valence-electron chi connectivity index (χ3n) is 4.88. The maximum Gasteiger partial charge on any atom is 0.355 e. The Bertz CT molecular complexity index is 1040. The topological polar surface area (TPSA) is 79.7 Å². The molecule has 0 spiro atoms. The third kappa shape index (κ3) is 4.71. The Hall–Kier alpha value is -2.58. The number of rotatable bonds is 8. The predicted molar refractivity (Wildman–Crippen MR) is 114 cm³/mol. The Labute approximate surface area is 176 Å². The van der Waals surface area contributed by atoms with Crippen molar-refractivity contribution in [3.05, 3.63) is 53.5 Å². The lowest BCUT2D eigenvalue weighted by atomic mass is 10.1. The number of carbonyl (C=O) groups excluding carboxylic acids is 1. The van der Waals surface area contributed by atoms with Crippen molar-refractivity contribution >= 4 is 45.7 Å². The third-order valence-corrected chi connectivity index (χ3v) is 6.88. The smallest absolute Gasteiger partial charge is 0.355 e. The monoisotopic (exact) mass is 428 g/mol. The molecule has 0 aliphatic carbocycles. The number of nitrogens with zero attached hydrogens (tertiary/aromatic N) is 2. The molecule has 4 rings (SSSR count).